The van der Waals surface area contributed by atoms with Gasteiger partial charge < -0.3 is 0 Å². The van der Waals surface area contributed by atoms with Crippen LogP contribution in [0.3, 0.4) is 0 Å². The zero-order valence-electron chi connectivity index (χ0n) is 3.03. The molecule has 0 heterocycles. The van der Waals surface area contributed by atoms with E-state index in [0.717, 1.165) is 8.44 Å². The van der Waals surface area contributed by atoms with Crippen molar-refractivity contribution < 1.29 is 17.4 Å². The lowest BCUT2D eigenvalue weighted by molar-refractivity contribution is -0.0363. The van der Waals surface area contributed by atoms with Crippen molar-refractivity contribution in [3.05, 3.63) is 0 Å². The molecule has 0 aliphatic rings. The molecule has 0 rings (SSSR count). The molecule has 0 bridgehead atoms. The first-order valence-electron chi connectivity index (χ1n) is 1.17. The van der Waals surface area contributed by atoms with E-state index >= 15 is 0 Å². The quantitative estimate of drug-likeness (QED) is 0.471. The van der Waals surface area contributed by atoms with Gasteiger partial charge in [0.2, 0.25) is 0 Å². The summed E-state index contributed by atoms with van der Waals surface area (Å²) in [5, 5.41) is 0. The predicted octanol–water partition coefficient (Wildman–Crippen LogP) is 1.04. The van der Waals surface area contributed by atoms with Crippen molar-refractivity contribution >= 4 is 18.9 Å². The van der Waals surface area contributed by atoms with E-state index in [0.29, 0.717) is 0 Å². The molecule has 7 heavy (non-hydrogen) atoms. The van der Waals surface area contributed by atoms with Crippen LogP contribution in [0.15, 0.2) is 0 Å². The monoisotopic (exact) mass is 150 g/mol. The average molecular weight is 150 g/mol. The molecule has 0 radical (unpaired) electrons. The molecule has 0 aromatic heterocycles. The molecule has 0 aromatic rings. The van der Waals surface area contributed by atoms with Crippen molar-refractivity contribution in [1.82, 2.24) is 0 Å². The first-order valence-corrected chi connectivity index (χ1v) is 3.80. The summed E-state index contributed by atoms with van der Waals surface area (Å²) in [6.45, 7) is 0. The molecule has 2 unspecified atom stereocenters. The molecule has 6 heteroatoms. The molecule has 0 saturated carbocycles. The summed E-state index contributed by atoms with van der Waals surface area (Å²) in [5.41, 5.74) is -4.56. The van der Waals surface area contributed by atoms with E-state index in [2.05, 4.69) is 0 Å². The van der Waals surface area contributed by atoms with Gasteiger partial charge in [-0.05, 0) is 8.44 Å². The number of hydrogen-bond donors (Lipinski definition) is 0. The van der Waals surface area contributed by atoms with E-state index in [1.165, 1.54) is 0 Å². The van der Waals surface area contributed by atoms with Crippen LogP contribution in [0.2, 0.25) is 0 Å². The Morgan fingerprint density at radius 1 is 1.43 bits per heavy atom. The molecule has 0 aliphatic heterocycles. The third-order valence-corrected chi connectivity index (χ3v) is 1.49. The molecule has 0 aromatic carbocycles. The van der Waals surface area contributed by atoms with Gasteiger partial charge in [-0.2, -0.15) is 13.2 Å². The second-order valence-corrected chi connectivity index (χ2v) is 3.09. The first kappa shape index (κ1) is 7.37. The molecule has 0 N–H and O–H groups in total. The number of rotatable bonds is 0. The number of hydrogen-bond acceptors (Lipinski definition) is 1. The minimum Gasteiger partial charge on any atom is -0.247 e. The lowest BCUT2D eigenvalue weighted by Gasteiger charge is -1.96. The molecule has 2 atom stereocenters. The van der Waals surface area contributed by atoms with E-state index in [4.69, 9.17) is 0 Å². The van der Waals surface area contributed by atoms with Crippen LogP contribution in [0.5, 0.6) is 0 Å². The SMILES string of the molecule is O=S(P)C(F)(F)F. The van der Waals surface area contributed by atoms with Crippen LogP contribution in [-0.2, 0) is 10.4 Å². The van der Waals surface area contributed by atoms with Crippen LogP contribution in [-0.4, -0.2) is 9.72 Å². The molecule has 0 spiro atoms. The standard InChI is InChI=1S/CH2F3OPS/c2-1(3,4)7(5)6/h6H2. The Labute approximate surface area is 42.7 Å². The lowest BCUT2D eigenvalue weighted by atomic mass is 11.6. The van der Waals surface area contributed by atoms with Crippen LogP contribution in [0, 0.1) is 0 Å². The molecular weight excluding hydrogens is 148 g/mol. The summed E-state index contributed by atoms with van der Waals surface area (Å²) in [7, 11) is -1.62. The Morgan fingerprint density at radius 2 is 1.57 bits per heavy atom. The van der Waals surface area contributed by atoms with E-state index in [1.54, 1.807) is 0 Å². The van der Waals surface area contributed by atoms with Crippen molar-refractivity contribution in [1.29, 1.82) is 0 Å². The Kier molecular flexibility index (Phi) is 2.20. The smallest absolute Gasteiger partial charge is 0.247 e. The van der Waals surface area contributed by atoms with Crippen molar-refractivity contribution in [2.24, 2.45) is 0 Å². The maximum Gasteiger partial charge on any atom is 0.474 e. The minimum absolute atomic E-state index is 1.15. The van der Waals surface area contributed by atoms with Crippen molar-refractivity contribution in [3.63, 3.8) is 0 Å². The highest BCUT2D eigenvalue weighted by Crippen LogP contribution is 2.23. The van der Waals surface area contributed by atoms with Gasteiger partial charge in [-0.15, -0.1) is 0 Å². The fourth-order valence-electron chi connectivity index (χ4n) is 0. The molecule has 0 saturated heterocycles. The first-order chi connectivity index (χ1) is 2.94. The van der Waals surface area contributed by atoms with Gasteiger partial charge >= 0.3 is 5.51 Å². The lowest BCUT2D eigenvalue weighted by Crippen LogP contribution is -2.09. The largest absolute Gasteiger partial charge is 0.474 e. The number of halogens is 3. The molecule has 0 fully saturated rings. The second-order valence-electron chi connectivity index (χ2n) is 0.743. The van der Waals surface area contributed by atoms with E-state index in [1.807, 2.05) is 0 Å². The van der Waals surface area contributed by atoms with Gasteiger partial charge in [-0.3, -0.25) is 0 Å². The predicted molar refractivity (Wildman–Crippen MR) is 23.9 cm³/mol. The summed E-state index contributed by atoms with van der Waals surface area (Å²) < 4.78 is 42.0. The van der Waals surface area contributed by atoms with Crippen LogP contribution < -0.4 is 0 Å². The third kappa shape index (κ3) is 3.00. The highest BCUT2D eigenvalue weighted by atomic mass is 32.7. The maximum absolute atomic E-state index is 10.9. The van der Waals surface area contributed by atoms with Gasteiger partial charge in [-0.25, -0.2) is 4.21 Å². The fraction of sp³-hybridized carbons (Fsp3) is 1.00. The Bertz CT molecular complexity index is 87.4. The highest BCUT2D eigenvalue weighted by Gasteiger charge is 2.33. The summed E-state index contributed by atoms with van der Waals surface area (Å²) in [6.07, 6.45) is 0. The summed E-state index contributed by atoms with van der Waals surface area (Å²) >= 11 is 0. The van der Waals surface area contributed by atoms with Gasteiger partial charge in [0.1, 0.15) is 10.4 Å². The zero-order chi connectivity index (χ0) is 6.08. The topological polar surface area (TPSA) is 17.1 Å². The Hall–Kier alpha value is 0.370. The average Bonchev–Trinajstić information content (AvgIpc) is 1.31. The summed E-state index contributed by atoms with van der Waals surface area (Å²) in [4.78, 5) is 0. The second kappa shape index (κ2) is 2.09. The van der Waals surface area contributed by atoms with E-state index in [9.17, 15) is 17.4 Å². The Balaban J connectivity index is 3.79. The molecule has 1 nitrogen and oxygen atoms in total. The van der Waals surface area contributed by atoms with Crippen LogP contribution >= 0.6 is 8.44 Å². The molecule has 0 aliphatic carbocycles. The fourth-order valence-corrected chi connectivity index (χ4v) is 0. The molecule has 0 amide bonds. The van der Waals surface area contributed by atoms with E-state index in [-0.39, 0.29) is 0 Å². The normalized spacial score (nSPS) is 16.6. The van der Waals surface area contributed by atoms with Crippen LogP contribution in [0.4, 0.5) is 13.2 Å². The van der Waals surface area contributed by atoms with Crippen molar-refractivity contribution in [3.8, 4) is 0 Å². The van der Waals surface area contributed by atoms with Gasteiger partial charge in [0.15, 0.2) is 0 Å². The van der Waals surface area contributed by atoms with Gasteiger partial charge in [0.05, 0.1) is 0 Å². The highest BCUT2D eigenvalue weighted by molar-refractivity contribution is 8.33. The van der Waals surface area contributed by atoms with Crippen LogP contribution in [0.1, 0.15) is 0 Å². The Morgan fingerprint density at radius 3 is 1.57 bits per heavy atom. The number of alkyl halides is 3. The van der Waals surface area contributed by atoms with Gasteiger partial charge in [0, 0.05) is 0 Å². The van der Waals surface area contributed by atoms with Crippen molar-refractivity contribution in [2.45, 2.75) is 5.51 Å². The van der Waals surface area contributed by atoms with Crippen molar-refractivity contribution in [2.75, 3.05) is 0 Å². The molecular formula is CH2F3OPS. The zero-order valence-corrected chi connectivity index (χ0v) is 5.00. The van der Waals surface area contributed by atoms with Gasteiger partial charge in [0.25, 0.3) is 0 Å². The van der Waals surface area contributed by atoms with E-state index < -0.39 is 15.9 Å². The summed E-state index contributed by atoms with van der Waals surface area (Å²) in [6, 6.07) is 0. The summed E-state index contributed by atoms with van der Waals surface area (Å²) in [5.74, 6) is 0. The third-order valence-electron chi connectivity index (χ3n) is 0.228. The van der Waals surface area contributed by atoms with Gasteiger partial charge in [-0.1, -0.05) is 0 Å². The van der Waals surface area contributed by atoms with Crippen LogP contribution in [0.25, 0.3) is 0 Å². The molecule has 44 valence electrons. The maximum atomic E-state index is 10.9. The minimum atomic E-state index is -4.56.